The maximum Gasteiger partial charge on any atom is 0.524 e. The summed E-state index contributed by atoms with van der Waals surface area (Å²) in [5.41, 5.74) is 7.78. The third kappa shape index (κ3) is 5.30. The van der Waals surface area contributed by atoms with Crippen molar-refractivity contribution in [1.29, 1.82) is 0 Å². The fourth-order valence-electron chi connectivity index (χ4n) is 4.57. The fraction of sp³-hybridized carbons (Fsp3) is 0.333. The van der Waals surface area contributed by atoms with Gasteiger partial charge in [0.1, 0.15) is 28.7 Å². The molecular weight excluding hydrogens is 451 g/mol. The van der Waals surface area contributed by atoms with Crippen LogP contribution in [-0.2, 0) is 4.57 Å². The van der Waals surface area contributed by atoms with Gasteiger partial charge in [0.25, 0.3) is 0 Å². The minimum absolute atomic E-state index is 0.0498. The van der Waals surface area contributed by atoms with E-state index in [1.54, 1.807) is 13.8 Å². The molecule has 0 fully saturated rings. The molecule has 0 aliphatic carbocycles. The van der Waals surface area contributed by atoms with Crippen molar-refractivity contribution in [2.45, 2.75) is 62.3 Å². The molecule has 0 unspecified atom stereocenters. The first kappa shape index (κ1) is 25.8. The highest BCUT2D eigenvalue weighted by Crippen LogP contribution is 2.50. The Morgan fingerprint density at radius 1 is 0.529 bits per heavy atom. The van der Waals surface area contributed by atoms with Gasteiger partial charge >= 0.3 is 7.82 Å². The number of aryl methyl sites for hydroxylation is 6. The first-order valence-corrected chi connectivity index (χ1v) is 12.6. The molecule has 0 atom stereocenters. The van der Waals surface area contributed by atoms with Crippen LogP contribution in [0.4, 0.5) is 0 Å². The van der Waals surface area contributed by atoms with Crippen molar-refractivity contribution < 1.29 is 28.3 Å². The Labute approximate surface area is 201 Å². The van der Waals surface area contributed by atoms with Gasteiger partial charge in [0.05, 0.1) is 0 Å². The zero-order chi connectivity index (χ0) is 25.5. The molecule has 0 radical (unpaired) electrons. The zero-order valence-corrected chi connectivity index (χ0v) is 22.2. The van der Waals surface area contributed by atoms with Gasteiger partial charge in [-0.3, -0.25) is 9.79 Å². The van der Waals surface area contributed by atoms with E-state index < -0.39 is 7.82 Å². The first-order valence-electron chi connectivity index (χ1n) is 11.1. The van der Waals surface area contributed by atoms with Crippen LogP contribution in [0.5, 0.6) is 28.7 Å². The summed E-state index contributed by atoms with van der Waals surface area (Å²) in [6, 6.07) is 8.13. The number of ether oxygens (including phenoxy) is 2. The number of hydrogen-bond donors (Lipinski definition) is 2. The number of hydrogen-bond acceptors (Lipinski definition) is 4. The maximum atomic E-state index is 11.8. The summed E-state index contributed by atoms with van der Waals surface area (Å²) in [7, 11) is -4.82. The van der Waals surface area contributed by atoms with E-state index in [0.29, 0.717) is 39.7 Å². The fourth-order valence-corrected chi connectivity index (χ4v) is 5.09. The second-order valence-corrected chi connectivity index (χ2v) is 10.3. The normalized spacial score (nSPS) is 11.5. The van der Waals surface area contributed by atoms with E-state index in [4.69, 9.17) is 14.0 Å². The summed E-state index contributed by atoms with van der Waals surface area (Å²) in [5.74, 6) is 2.32. The number of rotatable bonds is 6. The second kappa shape index (κ2) is 9.46. The Morgan fingerprint density at radius 3 is 1.12 bits per heavy atom. The van der Waals surface area contributed by atoms with E-state index in [1.165, 1.54) is 0 Å². The van der Waals surface area contributed by atoms with Crippen molar-refractivity contribution in [2.24, 2.45) is 0 Å². The summed E-state index contributed by atoms with van der Waals surface area (Å²) in [5, 5.41) is 0. The van der Waals surface area contributed by atoms with Crippen LogP contribution in [-0.4, -0.2) is 9.79 Å². The van der Waals surface area contributed by atoms with E-state index in [1.807, 2.05) is 72.7 Å². The summed E-state index contributed by atoms with van der Waals surface area (Å²) in [4.78, 5) is 19.2. The highest BCUT2D eigenvalue weighted by atomic mass is 31.2. The van der Waals surface area contributed by atoms with Crippen LogP contribution < -0.4 is 14.0 Å². The molecule has 2 N–H and O–H groups in total. The first-order chi connectivity index (χ1) is 15.7. The summed E-state index contributed by atoms with van der Waals surface area (Å²) in [6.45, 7) is 17.3. The van der Waals surface area contributed by atoms with E-state index in [9.17, 15) is 14.4 Å². The molecule has 0 bridgehead atoms. The van der Waals surface area contributed by atoms with E-state index in [0.717, 1.165) is 33.4 Å². The average molecular weight is 485 g/mol. The molecular formula is C27H33O6P. The van der Waals surface area contributed by atoms with Gasteiger partial charge in [0.2, 0.25) is 0 Å². The Kier molecular flexibility index (Phi) is 7.18. The van der Waals surface area contributed by atoms with Crippen molar-refractivity contribution in [1.82, 2.24) is 0 Å². The molecule has 0 aliphatic rings. The molecule has 34 heavy (non-hydrogen) atoms. The number of phosphoric ester groups is 1. The van der Waals surface area contributed by atoms with Crippen molar-refractivity contribution in [3.05, 3.63) is 74.3 Å². The van der Waals surface area contributed by atoms with Gasteiger partial charge in [0.15, 0.2) is 0 Å². The Bertz CT molecular complexity index is 1190. The van der Waals surface area contributed by atoms with Gasteiger partial charge in [-0.2, -0.15) is 0 Å². The second-order valence-electron chi connectivity index (χ2n) is 9.10. The van der Waals surface area contributed by atoms with Gasteiger partial charge in [-0.25, -0.2) is 4.57 Å². The maximum absolute atomic E-state index is 11.8. The summed E-state index contributed by atoms with van der Waals surface area (Å²) < 4.78 is 29.8. The van der Waals surface area contributed by atoms with Crippen molar-refractivity contribution in [3.8, 4) is 28.7 Å². The Balaban J connectivity index is 2.26. The standard InChI is InChI=1S/C27H33O6P/c1-14-10-16(3)23(17(4)11-14)31-25-20(7)26(22(9)27(21(25)8)33-34(28,29)30)32-24-18(5)12-15(2)13-19(24)6/h10-13H,1-9H3,(H2,28,29,30). The van der Waals surface area contributed by atoms with Gasteiger partial charge < -0.3 is 14.0 Å². The molecule has 0 amide bonds. The number of phosphoric acid groups is 1. The van der Waals surface area contributed by atoms with E-state index in [2.05, 4.69) is 0 Å². The predicted octanol–water partition coefficient (Wildman–Crippen LogP) is 7.52. The molecule has 0 saturated carbocycles. The van der Waals surface area contributed by atoms with Gasteiger partial charge in [-0.05, 0) is 84.6 Å². The quantitative estimate of drug-likeness (QED) is 0.352. The van der Waals surface area contributed by atoms with Gasteiger partial charge in [-0.15, -0.1) is 0 Å². The molecule has 3 rings (SSSR count). The largest absolute Gasteiger partial charge is 0.524 e. The third-order valence-electron chi connectivity index (χ3n) is 5.87. The zero-order valence-electron chi connectivity index (χ0n) is 21.3. The predicted molar refractivity (Wildman–Crippen MR) is 135 cm³/mol. The van der Waals surface area contributed by atoms with Crippen molar-refractivity contribution >= 4 is 7.82 Å². The molecule has 0 aliphatic heterocycles. The summed E-state index contributed by atoms with van der Waals surface area (Å²) >= 11 is 0. The van der Waals surface area contributed by atoms with Crippen LogP contribution in [0, 0.1) is 62.3 Å². The lowest BCUT2D eigenvalue weighted by Crippen LogP contribution is -2.04. The van der Waals surface area contributed by atoms with Crippen molar-refractivity contribution in [2.75, 3.05) is 0 Å². The van der Waals surface area contributed by atoms with Gasteiger partial charge in [-0.1, -0.05) is 35.4 Å². The lowest BCUT2D eigenvalue weighted by atomic mass is 10.0. The van der Waals surface area contributed by atoms with Crippen molar-refractivity contribution in [3.63, 3.8) is 0 Å². The summed E-state index contributed by atoms with van der Waals surface area (Å²) in [6.07, 6.45) is 0. The van der Waals surface area contributed by atoms with Crippen LogP contribution in [0.2, 0.25) is 0 Å². The third-order valence-corrected chi connectivity index (χ3v) is 6.29. The smallest absolute Gasteiger partial charge is 0.456 e. The highest BCUT2D eigenvalue weighted by Gasteiger charge is 2.27. The molecule has 3 aromatic carbocycles. The SMILES string of the molecule is Cc1cc(C)c(Oc2c(C)c(Oc3c(C)cc(C)cc3C)c(C)c(OP(=O)(O)O)c2C)c(C)c1. The molecule has 6 nitrogen and oxygen atoms in total. The van der Waals surface area contributed by atoms with Crippen LogP contribution in [0.25, 0.3) is 0 Å². The van der Waals surface area contributed by atoms with Crippen LogP contribution in [0.3, 0.4) is 0 Å². The molecule has 7 heteroatoms. The molecule has 0 aromatic heterocycles. The monoisotopic (exact) mass is 484 g/mol. The van der Waals surface area contributed by atoms with Crippen LogP contribution in [0.15, 0.2) is 24.3 Å². The van der Waals surface area contributed by atoms with E-state index in [-0.39, 0.29) is 5.75 Å². The Hall–Kier alpha value is -2.79. The number of benzene rings is 3. The molecule has 182 valence electrons. The minimum Gasteiger partial charge on any atom is -0.456 e. The van der Waals surface area contributed by atoms with Crippen LogP contribution >= 0.6 is 7.82 Å². The van der Waals surface area contributed by atoms with E-state index >= 15 is 0 Å². The molecule has 0 saturated heterocycles. The molecule has 0 heterocycles. The topological polar surface area (TPSA) is 85.2 Å². The molecule has 3 aromatic rings. The lowest BCUT2D eigenvalue weighted by molar-refractivity contribution is 0.280. The minimum atomic E-state index is -4.82. The lowest BCUT2D eigenvalue weighted by Gasteiger charge is -2.24. The average Bonchev–Trinajstić information content (AvgIpc) is 2.68. The highest BCUT2D eigenvalue weighted by molar-refractivity contribution is 7.46. The molecule has 0 spiro atoms. The van der Waals surface area contributed by atoms with Gasteiger partial charge in [0, 0.05) is 16.7 Å². The van der Waals surface area contributed by atoms with Crippen LogP contribution in [0.1, 0.15) is 50.1 Å². The Morgan fingerprint density at radius 2 is 0.824 bits per heavy atom.